The molecule has 1 saturated carbocycles. The lowest BCUT2D eigenvalue weighted by Crippen LogP contribution is -2.26. The van der Waals surface area contributed by atoms with Crippen molar-refractivity contribution in [2.75, 3.05) is 4.72 Å². The van der Waals surface area contributed by atoms with Gasteiger partial charge in [-0.1, -0.05) is 25.1 Å². The average Bonchev–Trinajstić information content (AvgIpc) is 3.38. The maximum absolute atomic E-state index is 12.6. The molecule has 0 radical (unpaired) electrons. The summed E-state index contributed by atoms with van der Waals surface area (Å²) >= 11 is 0. The van der Waals surface area contributed by atoms with Crippen molar-refractivity contribution in [2.45, 2.75) is 42.0 Å². The normalized spacial score (nSPS) is 15.1. The molecule has 8 heteroatoms. The van der Waals surface area contributed by atoms with E-state index < -0.39 is 20.0 Å². The number of anilines is 1. The highest BCUT2D eigenvalue weighted by atomic mass is 32.2. The fraction of sp³-hybridized carbons (Fsp3) is 0.294. The van der Waals surface area contributed by atoms with Gasteiger partial charge in [-0.05, 0) is 55.2 Å². The molecule has 6 nitrogen and oxygen atoms in total. The van der Waals surface area contributed by atoms with Crippen LogP contribution >= 0.6 is 0 Å². The first-order valence-corrected chi connectivity index (χ1v) is 11.0. The van der Waals surface area contributed by atoms with Crippen LogP contribution in [0.1, 0.15) is 25.3 Å². The summed E-state index contributed by atoms with van der Waals surface area (Å²) < 4.78 is 54.8. The van der Waals surface area contributed by atoms with Crippen LogP contribution in [0.15, 0.2) is 58.3 Å². The van der Waals surface area contributed by atoms with Crippen LogP contribution in [0.25, 0.3) is 0 Å². The van der Waals surface area contributed by atoms with Crippen LogP contribution in [0.5, 0.6) is 0 Å². The van der Waals surface area contributed by atoms with E-state index in [0.29, 0.717) is 5.69 Å². The highest BCUT2D eigenvalue weighted by Gasteiger charge is 2.28. The Labute approximate surface area is 148 Å². The number of rotatable bonds is 7. The lowest BCUT2D eigenvalue weighted by atomic mass is 10.1. The molecule has 134 valence electrons. The molecule has 0 amide bonds. The molecule has 2 aromatic carbocycles. The van der Waals surface area contributed by atoms with Crippen LogP contribution in [0.4, 0.5) is 5.69 Å². The Bertz CT molecular complexity index is 981. The molecular weight excluding hydrogens is 360 g/mol. The Morgan fingerprint density at radius 2 is 1.56 bits per heavy atom. The minimum atomic E-state index is -3.88. The zero-order chi connectivity index (χ0) is 18.1. The lowest BCUT2D eigenvalue weighted by Gasteiger charge is -2.11. The quantitative estimate of drug-likeness (QED) is 0.772. The molecule has 2 aromatic rings. The highest BCUT2D eigenvalue weighted by Crippen LogP contribution is 2.24. The molecule has 0 spiro atoms. The van der Waals surface area contributed by atoms with E-state index in [4.69, 9.17) is 0 Å². The third kappa shape index (κ3) is 4.39. The van der Waals surface area contributed by atoms with E-state index in [1.807, 2.05) is 13.0 Å². The predicted molar refractivity (Wildman–Crippen MR) is 96.4 cm³/mol. The lowest BCUT2D eigenvalue weighted by molar-refractivity contribution is 0.580. The SMILES string of the molecule is CCc1cccc(NS(=O)(=O)c2cccc(S(=O)(=O)NC3CC3)c2)c1. The summed E-state index contributed by atoms with van der Waals surface area (Å²) in [5.74, 6) is 0. The largest absolute Gasteiger partial charge is 0.280 e. The fourth-order valence-electron chi connectivity index (χ4n) is 2.37. The summed E-state index contributed by atoms with van der Waals surface area (Å²) in [5, 5.41) is 0. The summed E-state index contributed by atoms with van der Waals surface area (Å²) in [6.45, 7) is 1.98. The average molecular weight is 380 g/mol. The molecule has 0 bridgehead atoms. The molecule has 0 unspecified atom stereocenters. The van der Waals surface area contributed by atoms with Gasteiger partial charge in [0.1, 0.15) is 0 Å². The number of benzene rings is 2. The molecule has 3 rings (SSSR count). The molecule has 2 N–H and O–H groups in total. The summed E-state index contributed by atoms with van der Waals surface area (Å²) in [6.07, 6.45) is 2.41. The molecule has 0 aromatic heterocycles. The Kier molecular flexibility index (Phi) is 4.86. The fourth-order valence-corrected chi connectivity index (χ4v) is 4.89. The maximum atomic E-state index is 12.6. The van der Waals surface area contributed by atoms with Crippen molar-refractivity contribution >= 4 is 25.7 Å². The van der Waals surface area contributed by atoms with E-state index in [0.717, 1.165) is 24.8 Å². The van der Waals surface area contributed by atoms with Crippen molar-refractivity contribution in [3.8, 4) is 0 Å². The van der Waals surface area contributed by atoms with Gasteiger partial charge in [0.15, 0.2) is 0 Å². The van der Waals surface area contributed by atoms with Crippen molar-refractivity contribution in [1.82, 2.24) is 4.72 Å². The van der Waals surface area contributed by atoms with Crippen molar-refractivity contribution in [3.05, 3.63) is 54.1 Å². The monoisotopic (exact) mass is 380 g/mol. The molecule has 0 atom stereocenters. The standard InChI is InChI=1S/C17H20N2O4S2/c1-2-13-5-3-6-15(11-13)19-25(22,23)17-8-4-7-16(12-17)24(20,21)18-14-9-10-14/h3-8,11-12,14,18-19H,2,9-10H2,1H3. The van der Waals surface area contributed by atoms with E-state index >= 15 is 0 Å². The van der Waals surface area contributed by atoms with Gasteiger partial charge in [0, 0.05) is 11.7 Å². The van der Waals surface area contributed by atoms with Crippen molar-refractivity contribution < 1.29 is 16.8 Å². The Hall–Kier alpha value is -1.90. The minimum Gasteiger partial charge on any atom is -0.280 e. The zero-order valence-electron chi connectivity index (χ0n) is 13.8. The predicted octanol–water partition coefficient (Wildman–Crippen LogP) is 2.49. The van der Waals surface area contributed by atoms with Gasteiger partial charge in [-0.15, -0.1) is 0 Å². The molecule has 25 heavy (non-hydrogen) atoms. The minimum absolute atomic E-state index is 0.0415. The molecule has 0 aliphatic heterocycles. The first-order chi connectivity index (χ1) is 11.8. The Morgan fingerprint density at radius 3 is 2.20 bits per heavy atom. The van der Waals surface area contributed by atoms with Crippen LogP contribution in [0.3, 0.4) is 0 Å². The van der Waals surface area contributed by atoms with Crippen LogP contribution in [0, 0.1) is 0 Å². The molecule has 1 fully saturated rings. The summed E-state index contributed by atoms with van der Waals surface area (Å²) in [5.41, 5.74) is 1.45. The van der Waals surface area contributed by atoms with Gasteiger partial charge in [-0.25, -0.2) is 21.6 Å². The van der Waals surface area contributed by atoms with Gasteiger partial charge in [0.05, 0.1) is 9.79 Å². The van der Waals surface area contributed by atoms with E-state index in [9.17, 15) is 16.8 Å². The number of sulfonamides is 2. The van der Waals surface area contributed by atoms with Gasteiger partial charge in [0.25, 0.3) is 10.0 Å². The summed E-state index contributed by atoms with van der Waals surface area (Å²) in [7, 11) is -7.58. The molecular formula is C17H20N2O4S2. The third-order valence-electron chi connectivity index (χ3n) is 3.91. The van der Waals surface area contributed by atoms with Crippen molar-refractivity contribution in [2.24, 2.45) is 0 Å². The first-order valence-electron chi connectivity index (χ1n) is 8.04. The number of nitrogens with one attached hydrogen (secondary N) is 2. The molecule has 1 aliphatic rings. The Morgan fingerprint density at radius 1 is 0.920 bits per heavy atom. The zero-order valence-corrected chi connectivity index (χ0v) is 15.4. The number of hydrogen-bond donors (Lipinski definition) is 2. The topological polar surface area (TPSA) is 92.3 Å². The van der Waals surface area contributed by atoms with Crippen LogP contribution in [-0.4, -0.2) is 22.9 Å². The van der Waals surface area contributed by atoms with E-state index in [1.54, 1.807) is 18.2 Å². The maximum Gasteiger partial charge on any atom is 0.261 e. The van der Waals surface area contributed by atoms with Crippen LogP contribution < -0.4 is 9.44 Å². The second-order valence-corrected chi connectivity index (χ2v) is 9.43. The van der Waals surface area contributed by atoms with E-state index in [1.165, 1.54) is 24.3 Å². The number of hydrogen-bond acceptors (Lipinski definition) is 4. The van der Waals surface area contributed by atoms with Crippen molar-refractivity contribution in [1.29, 1.82) is 0 Å². The molecule has 1 aliphatic carbocycles. The number of aryl methyl sites for hydroxylation is 1. The molecule has 0 saturated heterocycles. The Balaban J connectivity index is 1.88. The van der Waals surface area contributed by atoms with Crippen LogP contribution in [0.2, 0.25) is 0 Å². The van der Waals surface area contributed by atoms with E-state index in [2.05, 4.69) is 9.44 Å². The summed E-state index contributed by atoms with van der Waals surface area (Å²) in [4.78, 5) is -0.141. The van der Waals surface area contributed by atoms with Gasteiger partial charge >= 0.3 is 0 Å². The van der Waals surface area contributed by atoms with Gasteiger partial charge < -0.3 is 0 Å². The first kappa shape index (κ1) is 17.9. The smallest absolute Gasteiger partial charge is 0.261 e. The van der Waals surface area contributed by atoms with Gasteiger partial charge in [-0.3, -0.25) is 4.72 Å². The van der Waals surface area contributed by atoms with Gasteiger partial charge in [-0.2, -0.15) is 0 Å². The van der Waals surface area contributed by atoms with Crippen molar-refractivity contribution in [3.63, 3.8) is 0 Å². The van der Waals surface area contributed by atoms with Gasteiger partial charge in [0.2, 0.25) is 10.0 Å². The highest BCUT2D eigenvalue weighted by molar-refractivity contribution is 7.93. The third-order valence-corrected chi connectivity index (χ3v) is 6.81. The summed E-state index contributed by atoms with van der Waals surface area (Å²) in [6, 6.07) is 12.4. The molecule has 0 heterocycles. The second-order valence-electron chi connectivity index (χ2n) is 6.03. The van der Waals surface area contributed by atoms with Crippen LogP contribution in [-0.2, 0) is 26.5 Å². The van der Waals surface area contributed by atoms with E-state index in [-0.39, 0.29) is 15.8 Å². The second kappa shape index (κ2) is 6.78.